The highest BCUT2D eigenvalue weighted by atomic mass is 79.9. The highest BCUT2D eigenvalue weighted by molar-refractivity contribution is 9.10. The summed E-state index contributed by atoms with van der Waals surface area (Å²) >= 11 is 3.53. The van der Waals surface area contributed by atoms with Gasteiger partial charge in [-0.1, -0.05) is 29.8 Å². The molecule has 0 aliphatic carbocycles. The molecule has 0 bridgehead atoms. The van der Waals surface area contributed by atoms with Gasteiger partial charge in [-0.15, -0.1) is 0 Å². The van der Waals surface area contributed by atoms with Gasteiger partial charge < -0.3 is 15.0 Å². The number of nitrogens with zero attached hydrogens (tertiary/aromatic N) is 1. The largest absolute Gasteiger partial charge is 0.493 e. The zero-order valence-electron chi connectivity index (χ0n) is 12.6. The molecule has 0 saturated carbocycles. The maximum absolute atomic E-state index is 11.5. The van der Waals surface area contributed by atoms with Crippen molar-refractivity contribution in [1.82, 2.24) is 10.2 Å². The summed E-state index contributed by atoms with van der Waals surface area (Å²) in [5, 5.41) is 3.37. The van der Waals surface area contributed by atoms with Crippen LogP contribution in [0.5, 0.6) is 5.75 Å². The molecule has 1 rings (SSSR count). The van der Waals surface area contributed by atoms with E-state index in [1.54, 1.807) is 19.0 Å². The van der Waals surface area contributed by atoms with E-state index in [1.807, 2.05) is 18.2 Å². The lowest BCUT2D eigenvalue weighted by Gasteiger charge is -2.13. The number of carbonyl (C=O) groups excluding carboxylic acids is 1. The van der Waals surface area contributed by atoms with Gasteiger partial charge in [-0.05, 0) is 23.8 Å². The van der Waals surface area contributed by atoms with Crippen molar-refractivity contribution in [2.75, 3.05) is 20.7 Å². The molecule has 0 spiro atoms. The first-order chi connectivity index (χ1) is 9.40. The van der Waals surface area contributed by atoms with E-state index >= 15 is 0 Å². The SMILES string of the molecule is CC(C)NCc1cc(OCCC(=O)N(C)C)ccc1Br. The molecule has 0 aliphatic heterocycles. The van der Waals surface area contributed by atoms with E-state index in [9.17, 15) is 4.79 Å². The van der Waals surface area contributed by atoms with Gasteiger partial charge in [0, 0.05) is 31.2 Å². The Bertz CT molecular complexity index is 447. The second-order valence-corrected chi connectivity index (χ2v) is 6.03. The van der Waals surface area contributed by atoms with Crippen molar-refractivity contribution in [1.29, 1.82) is 0 Å². The van der Waals surface area contributed by atoms with Gasteiger partial charge in [0.2, 0.25) is 5.91 Å². The van der Waals surface area contributed by atoms with Crippen LogP contribution < -0.4 is 10.1 Å². The first-order valence-corrected chi connectivity index (χ1v) is 7.54. The Labute approximate surface area is 129 Å². The summed E-state index contributed by atoms with van der Waals surface area (Å²) in [5.41, 5.74) is 1.15. The first-order valence-electron chi connectivity index (χ1n) is 6.75. The molecule has 0 unspecified atom stereocenters. The number of carbonyl (C=O) groups is 1. The Morgan fingerprint density at radius 3 is 2.70 bits per heavy atom. The fourth-order valence-corrected chi connectivity index (χ4v) is 1.96. The van der Waals surface area contributed by atoms with Gasteiger partial charge in [0.05, 0.1) is 13.0 Å². The molecule has 20 heavy (non-hydrogen) atoms. The number of benzene rings is 1. The van der Waals surface area contributed by atoms with Crippen molar-refractivity contribution < 1.29 is 9.53 Å². The molecule has 1 aromatic rings. The Kier molecular flexibility index (Phi) is 7.02. The molecule has 5 heteroatoms. The minimum absolute atomic E-state index is 0.0730. The van der Waals surface area contributed by atoms with Crippen LogP contribution >= 0.6 is 15.9 Å². The molecule has 1 amide bonds. The first kappa shape index (κ1) is 17.0. The maximum Gasteiger partial charge on any atom is 0.225 e. The van der Waals surface area contributed by atoms with Gasteiger partial charge in [-0.3, -0.25) is 4.79 Å². The molecular formula is C15H23BrN2O2. The monoisotopic (exact) mass is 342 g/mol. The fraction of sp³-hybridized carbons (Fsp3) is 0.533. The Balaban J connectivity index is 2.54. The lowest BCUT2D eigenvalue weighted by molar-refractivity contribution is -0.129. The quantitative estimate of drug-likeness (QED) is 0.828. The van der Waals surface area contributed by atoms with Crippen molar-refractivity contribution in [3.8, 4) is 5.75 Å². The molecule has 0 radical (unpaired) electrons. The maximum atomic E-state index is 11.5. The summed E-state index contributed by atoms with van der Waals surface area (Å²) in [5.74, 6) is 0.865. The molecule has 4 nitrogen and oxygen atoms in total. The van der Waals surface area contributed by atoms with Crippen LogP contribution in [-0.2, 0) is 11.3 Å². The Morgan fingerprint density at radius 2 is 2.10 bits per heavy atom. The van der Waals surface area contributed by atoms with Crippen molar-refractivity contribution >= 4 is 21.8 Å². The number of hydrogen-bond donors (Lipinski definition) is 1. The van der Waals surface area contributed by atoms with Crippen molar-refractivity contribution in [3.63, 3.8) is 0 Å². The summed E-state index contributed by atoms with van der Waals surface area (Å²) in [6.45, 7) is 5.41. The van der Waals surface area contributed by atoms with E-state index in [0.29, 0.717) is 19.1 Å². The molecule has 1 aromatic carbocycles. The summed E-state index contributed by atoms with van der Waals surface area (Å²) in [6, 6.07) is 6.31. The fourth-order valence-electron chi connectivity index (χ4n) is 1.57. The summed E-state index contributed by atoms with van der Waals surface area (Å²) in [7, 11) is 3.50. The van der Waals surface area contributed by atoms with Crippen molar-refractivity contribution in [2.45, 2.75) is 32.9 Å². The molecule has 0 fully saturated rings. The van der Waals surface area contributed by atoms with Gasteiger partial charge >= 0.3 is 0 Å². The van der Waals surface area contributed by atoms with E-state index in [2.05, 4.69) is 35.1 Å². The number of rotatable bonds is 7. The van der Waals surface area contributed by atoms with E-state index < -0.39 is 0 Å². The van der Waals surface area contributed by atoms with Gasteiger partial charge in [0.25, 0.3) is 0 Å². The van der Waals surface area contributed by atoms with Crippen LogP contribution in [0.2, 0.25) is 0 Å². The van der Waals surface area contributed by atoms with E-state index in [4.69, 9.17) is 4.74 Å². The average molecular weight is 343 g/mol. The molecule has 1 N–H and O–H groups in total. The van der Waals surface area contributed by atoms with E-state index in [1.165, 1.54) is 0 Å². The zero-order valence-corrected chi connectivity index (χ0v) is 14.2. The van der Waals surface area contributed by atoms with Crippen LogP contribution in [0.4, 0.5) is 0 Å². The Morgan fingerprint density at radius 1 is 1.40 bits per heavy atom. The third-order valence-electron chi connectivity index (χ3n) is 2.80. The molecule has 0 aromatic heterocycles. The smallest absolute Gasteiger partial charge is 0.225 e. The summed E-state index contributed by atoms with van der Waals surface area (Å²) < 4.78 is 6.69. The molecule has 0 aliphatic rings. The highest BCUT2D eigenvalue weighted by Crippen LogP contribution is 2.22. The minimum Gasteiger partial charge on any atom is -0.493 e. The number of hydrogen-bond acceptors (Lipinski definition) is 3. The lowest BCUT2D eigenvalue weighted by atomic mass is 10.2. The average Bonchev–Trinajstić information content (AvgIpc) is 2.38. The topological polar surface area (TPSA) is 41.6 Å². The van der Waals surface area contributed by atoms with Crippen molar-refractivity contribution in [3.05, 3.63) is 28.2 Å². The molecule has 0 saturated heterocycles. The van der Waals surface area contributed by atoms with Crippen LogP contribution in [0.3, 0.4) is 0 Å². The van der Waals surface area contributed by atoms with Crippen LogP contribution in [0.15, 0.2) is 22.7 Å². The second kappa shape index (κ2) is 8.27. The number of amides is 1. The number of ether oxygens (including phenoxy) is 1. The molecular weight excluding hydrogens is 320 g/mol. The van der Waals surface area contributed by atoms with Gasteiger partial charge in [0.1, 0.15) is 5.75 Å². The van der Waals surface area contributed by atoms with Gasteiger partial charge in [-0.2, -0.15) is 0 Å². The Hall–Kier alpha value is -1.07. The minimum atomic E-state index is 0.0730. The predicted octanol–water partition coefficient (Wildman–Crippen LogP) is 2.80. The van der Waals surface area contributed by atoms with Crippen LogP contribution in [0, 0.1) is 0 Å². The number of halogens is 1. The summed E-state index contributed by atoms with van der Waals surface area (Å²) in [4.78, 5) is 13.0. The second-order valence-electron chi connectivity index (χ2n) is 5.18. The third-order valence-corrected chi connectivity index (χ3v) is 3.58. The van der Waals surface area contributed by atoms with Crippen LogP contribution in [-0.4, -0.2) is 37.6 Å². The van der Waals surface area contributed by atoms with Crippen LogP contribution in [0.25, 0.3) is 0 Å². The molecule has 0 atom stereocenters. The third kappa shape index (κ3) is 5.92. The standard InChI is InChI=1S/C15H23BrN2O2/c1-11(2)17-10-12-9-13(5-6-14(12)16)20-8-7-15(19)18(3)4/h5-6,9,11,17H,7-8,10H2,1-4H3. The van der Waals surface area contributed by atoms with Crippen molar-refractivity contribution in [2.24, 2.45) is 0 Å². The van der Waals surface area contributed by atoms with Gasteiger partial charge in [0.15, 0.2) is 0 Å². The molecule has 0 heterocycles. The van der Waals surface area contributed by atoms with E-state index in [0.717, 1.165) is 22.3 Å². The predicted molar refractivity (Wildman–Crippen MR) is 84.9 cm³/mol. The number of nitrogens with one attached hydrogen (secondary N) is 1. The lowest BCUT2D eigenvalue weighted by Crippen LogP contribution is -2.23. The zero-order chi connectivity index (χ0) is 15.1. The summed E-state index contributed by atoms with van der Waals surface area (Å²) in [6.07, 6.45) is 0.392. The molecule has 112 valence electrons. The van der Waals surface area contributed by atoms with Gasteiger partial charge in [-0.25, -0.2) is 0 Å². The van der Waals surface area contributed by atoms with Crippen LogP contribution in [0.1, 0.15) is 25.8 Å². The highest BCUT2D eigenvalue weighted by Gasteiger charge is 2.06. The normalized spacial score (nSPS) is 10.7. The van der Waals surface area contributed by atoms with E-state index in [-0.39, 0.29) is 5.91 Å².